The van der Waals surface area contributed by atoms with E-state index < -0.39 is 12.8 Å². The molecule has 1 aliphatic heterocycles. The van der Waals surface area contributed by atoms with Crippen LogP contribution in [0.15, 0.2) is 24.3 Å². The van der Waals surface area contributed by atoms with Crippen molar-refractivity contribution in [1.29, 1.82) is 0 Å². The zero-order valence-electron chi connectivity index (χ0n) is 13.8. The van der Waals surface area contributed by atoms with Gasteiger partial charge in [-0.25, -0.2) is 0 Å². The maximum Gasteiger partial charge on any atom is 0.422 e. The van der Waals surface area contributed by atoms with Gasteiger partial charge in [0.2, 0.25) is 0 Å². The number of ether oxygens (including phenoxy) is 2. The summed E-state index contributed by atoms with van der Waals surface area (Å²) >= 11 is 0. The largest absolute Gasteiger partial charge is 0.490 e. The van der Waals surface area contributed by atoms with Crippen LogP contribution in [0.2, 0.25) is 0 Å². The zero-order chi connectivity index (χ0) is 17.1. The van der Waals surface area contributed by atoms with Crippen LogP contribution in [0.1, 0.15) is 33.6 Å². The second-order valence-corrected chi connectivity index (χ2v) is 6.85. The van der Waals surface area contributed by atoms with Gasteiger partial charge in [0, 0.05) is 18.6 Å². The van der Waals surface area contributed by atoms with E-state index in [2.05, 4.69) is 30.4 Å². The summed E-state index contributed by atoms with van der Waals surface area (Å²) in [6.07, 6.45) is -2.28. The lowest BCUT2D eigenvalue weighted by Crippen LogP contribution is -2.48. The Kier molecular flexibility index (Phi) is 5.45. The van der Waals surface area contributed by atoms with Gasteiger partial charge in [-0.2, -0.15) is 13.2 Å². The van der Waals surface area contributed by atoms with Crippen molar-refractivity contribution in [3.05, 3.63) is 24.3 Å². The van der Waals surface area contributed by atoms with Gasteiger partial charge in [-0.05, 0) is 57.9 Å². The summed E-state index contributed by atoms with van der Waals surface area (Å²) in [5.74, 6) is 0.857. The topological polar surface area (TPSA) is 21.7 Å². The van der Waals surface area contributed by atoms with E-state index in [1.807, 2.05) is 0 Å². The molecule has 0 spiro atoms. The van der Waals surface area contributed by atoms with Crippen molar-refractivity contribution in [3.8, 4) is 11.5 Å². The average Bonchev–Trinajstić information content (AvgIpc) is 2.45. The van der Waals surface area contributed by atoms with Gasteiger partial charge in [-0.15, -0.1) is 0 Å². The number of alkyl halides is 3. The number of hydrogen-bond donors (Lipinski definition) is 0. The van der Waals surface area contributed by atoms with Gasteiger partial charge >= 0.3 is 6.18 Å². The summed E-state index contributed by atoms with van der Waals surface area (Å²) in [6.45, 7) is 7.30. The van der Waals surface area contributed by atoms with Crippen LogP contribution in [0.3, 0.4) is 0 Å². The second kappa shape index (κ2) is 6.99. The summed E-state index contributed by atoms with van der Waals surface area (Å²) in [4.78, 5) is 2.43. The van der Waals surface area contributed by atoms with Crippen molar-refractivity contribution in [2.45, 2.75) is 51.4 Å². The first kappa shape index (κ1) is 17.9. The molecule has 0 unspecified atom stereocenters. The highest BCUT2D eigenvalue weighted by Gasteiger charge is 2.29. The van der Waals surface area contributed by atoms with Crippen molar-refractivity contribution in [2.24, 2.45) is 0 Å². The van der Waals surface area contributed by atoms with Crippen LogP contribution in [-0.4, -0.2) is 42.4 Å². The van der Waals surface area contributed by atoms with E-state index in [9.17, 15) is 13.2 Å². The smallest absolute Gasteiger partial charge is 0.422 e. The molecule has 0 radical (unpaired) electrons. The van der Waals surface area contributed by atoms with Crippen molar-refractivity contribution in [2.75, 3.05) is 19.7 Å². The summed E-state index contributed by atoms with van der Waals surface area (Å²) in [6, 6.07) is 6.32. The number of benzene rings is 1. The Labute approximate surface area is 135 Å². The third-order valence-electron chi connectivity index (χ3n) is 3.92. The SMILES string of the molecule is CC(C)(C)N1CCC(Oc2ccc(OCC(F)(F)F)cc2)CC1. The first-order valence-corrected chi connectivity index (χ1v) is 7.85. The Hall–Kier alpha value is -1.43. The molecule has 1 aromatic rings. The van der Waals surface area contributed by atoms with E-state index in [4.69, 9.17) is 4.74 Å². The highest BCUT2D eigenvalue weighted by Crippen LogP contribution is 2.25. The van der Waals surface area contributed by atoms with Crippen LogP contribution in [0.25, 0.3) is 0 Å². The summed E-state index contributed by atoms with van der Waals surface area (Å²) in [7, 11) is 0. The summed E-state index contributed by atoms with van der Waals surface area (Å²) in [5.41, 5.74) is 0.169. The van der Waals surface area contributed by atoms with Crippen LogP contribution < -0.4 is 9.47 Å². The first-order valence-electron chi connectivity index (χ1n) is 7.85. The second-order valence-electron chi connectivity index (χ2n) is 6.85. The lowest BCUT2D eigenvalue weighted by atomic mass is 9.99. The first-order chi connectivity index (χ1) is 10.6. The standard InChI is InChI=1S/C17H24F3NO2/c1-16(2,3)21-10-8-15(9-11-21)23-14-6-4-13(5-7-14)22-12-17(18,19)20/h4-7,15H,8-12H2,1-3H3. The molecule has 1 fully saturated rings. The highest BCUT2D eigenvalue weighted by molar-refractivity contribution is 5.31. The minimum absolute atomic E-state index is 0.149. The van der Waals surface area contributed by atoms with E-state index in [0.29, 0.717) is 5.75 Å². The Bertz CT molecular complexity index is 486. The molecule has 0 saturated carbocycles. The number of likely N-dealkylation sites (tertiary alicyclic amines) is 1. The van der Waals surface area contributed by atoms with Gasteiger partial charge in [-0.3, -0.25) is 4.90 Å². The van der Waals surface area contributed by atoms with Gasteiger partial charge < -0.3 is 9.47 Å². The van der Waals surface area contributed by atoms with Crippen molar-refractivity contribution in [3.63, 3.8) is 0 Å². The molecule has 0 bridgehead atoms. The Morgan fingerprint density at radius 1 is 1.00 bits per heavy atom. The zero-order valence-corrected chi connectivity index (χ0v) is 13.8. The quantitative estimate of drug-likeness (QED) is 0.822. The minimum Gasteiger partial charge on any atom is -0.490 e. The van der Waals surface area contributed by atoms with Gasteiger partial charge in [0.15, 0.2) is 6.61 Å². The molecule has 0 N–H and O–H groups in total. The van der Waals surface area contributed by atoms with Crippen LogP contribution in [-0.2, 0) is 0 Å². The van der Waals surface area contributed by atoms with Crippen molar-refractivity contribution >= 4 is 0 Å². The van der Waals surface area contributed by atoms with Gasteiger partial charge in [0.1, 0.15) is 17.6 Å². The maximum atomic E-state index is 12.1. The Morgan fingerprint density at radius 2 is 1.52 bits per heavy atom. The fraction of sp³-hybridized carbons (Fsp3) is 0.647. The van der Waals surface area contributed by atoms with Crippen LogP contribution in [0.5, 0.6) is 11.5 Å². The fourth-order valence-corrected chi connectivity index (χ4v) is 2.62. The molecule has 0 aromatic heterocycles. The molecule has 130 valence electrons. The van der Waals surface area contributed by atoms with Crippen molar-refractivity contribution < 1.29 is 22.6 Å². The van der Waals surface area contributed by atoms with Crippen molar-refractivity contribution in [1.82, 2.24) is 4.90 Å². The third kappa shape index (κ3) is 5.94. The molecule has 1 saturated heterocycles. The fourth-order valence-electron chi connectivity index (χ4n) is 2.62. The molecule has 0 atom stereocenters. The molecule has 0 amide bonds. The van der Waals surface area contributed by atoms with Gasteiger partial charge in [0.25, 0.3) is 0 Å². The molecule has 0 aliphatic carbocycles. The third-order valence-corrected chi connectivity index (χ3v) is 3.92. The lowest BCUT2D eigenvalue weighted by molar-refractivity contribution is -0.153. The van der Waals surface area contributed by atoms with E-state index in [1.54, 1.807) is 12.1 Å². The molecule has 23 heavy (non-hydrogen) atoms. The van der Waals surface area contributed by atoms with E-state index in [0.717, 1.165) is 25.9 Å². The molecule has 1 aromatic carbocycles. The number of hydrogen-bond acceptors (Lipinski definition) is 3. The van der Waals surface area contributed by atoms with E-state index in [-0.39, 0.29) is 17.4 Å². The monoisotopic (exact) mass is 331 g/mol. The number of nitrogens with zero attached hydrogens (tertiary/aromatic N) is 1. The molecule has 1 aliphatic rings. The molecular formula is C17H24F3NO2. The predicted molar refractivity (Wildman–Crippen MR) is 83.0 cm³/mol. The Morgan fingerprint density at radius 3 is 2.00 bits per heavy atom. The number of rotatable bonds is 4. The number of piperidine rings is 1. The van der Waals surface area contributed by atoms with Crippen LogP contribution >= 0.6 is 0 Å². The normalized spacial score (nSPS) is 18.0. The van der Waals surface area contributed by atoms with E-state index in [1.165, 1.54) is 12.1 Å². The highest BCUT2D eigenvalue weighted by atomic mass is 19.4. The van der Waals surface area contributed by atoms with Crippen LogP contribution in [0, 0.1) is 0 Å². The minimum atomic E-state index is -4.32. The molecule has 6 heteroatoms. The maximum absolute atomic E-state index is 12.1. The molecule has 3 nitrogen and oxygen atoms in total. The lowest BCUT2D eigenvalue weighted by Gasteiger charge is -2.40. The van der Waals surface area contributed by atoms with Gasteiger partial charge in [0.05, 0.1) is 0 Å². The molecule has 1 heterocycles. The number of halogens is 3. The van der Waals surface area contributed by atoms with E-state index >= 15 is 0 Å². The van der Waals surface area contributed by atoms with Gasteiger partial charge in [-0.1, -0.05) is 0 Å². The van der Waals surface area contributed by atoms with Crippen LogP contribution in [0.4, 0.5) is 13.2 Å². The predicted octanol–water partition coefficient (Wildman–Crippen LogP) is 4.27. The Balaban J connectivity index is 1.81. The summed E-state index contributed by atoms with van der Waals surface area (Å²) in [5, 5.41) is 0. The summed E-state index contributed by atoms with van der Waals surface area (Å²) < 4.78 is 46.9. The molecular weight excluding hydrogens is 307 g/mol. The average molecular weight is 331 g/mol. The molecule has 2 rings (SSSR count).